The Morgan fingerprint density at radius 3 is 2.43 bits per heavy atom. The molecule has 4 aromatic rings. The monoisotopic (exact) mass is 499 g/mol. The number of aryl methyl sites for hydroxylation is 1. The largest absolute Gasteiger partial charge is 0.433 e. The van der Waals surface area contributed by atoms with E-state index in [2.05, 4.69) is 25.1 Å². The summed E-state index contributed by atoms with van der Waals surface area (Å²) in [5, 5.41) is 9.16. The number of nitrogens with zero attached hydrogens (tertiary/aromatic N) is 7. The van der Waals surface area contributed by atoms with Crippen LogP contribution < -0.4 is 4.90 Å². The average molecular weight is 500 g/mol. The lowest BCUT2D eigenvalue weighted by Crippen LogP contribution is -2.37. The number of ether oxygens (including phenoxy) is 1. The molecule has 4 heterocycles. The van der Waals surface area contributed by atoms with Crippen molar-refractivity contribution < 1.29 is 17.9 Å². The minimum Gasteiger partial charge on any atom is -0.378 e. The summed E-state index contributed by atoms with van der Waals surface area (Å²) in [6.07, 6.45) is -3.17. The van der Waals surface area contributed by atoms with Crippen molar-refractivity contribution in [3.05, 3.63) is 66.0 Å². The molecule has 1 aliphatic heterocycles. The third-order valence-electron chi connectivity index (χ3n) is 5.29. The Labute approximate surface area is 203 Å². The molecule has 3 aromatic heterocycles. The number of alkyl halides is 3. The van der Waals surface area contributed by atoms with Crippen molar-refractivity contribution in [1.29, 1.82) is 0 Å². The standard InChI is InChI=1S/C23H20F3N7OS/c1-15-5-7-16(8-6-15)33-21(32-10-12-34-13-11-32)30-31-22(33)35-19-14-18(23(24,25)26)28-20(29-19)17-4-2-3-9-27-17/h2-9,14H,10-13H2,1H3. The van der Waals surface area contributed by atoms with Crippen LogP contribution in [0.2, 0.25) is 0 Å². The Kier molecular flexibility index (Phi) is 6.39. The maximum atomic E-state index is 13.7. The number of rotatable bonds is 5. The van der Waals surface area contributed by atoms with Crippen LogP contribution in [-0.4, -0.2) is 56.0 Å². The molecule has 0 amide bonds. The summed E-state index contributed by atoms with van der Waals surface area (Å²) >= 11 is 0.990. The molecule has 5 rings (SSSR count). The first-order chi connectivity index (χ1) is 16.9. The third-order valence-corrected chi connectivity index (χ3v) is 6.15. The number of benzene rings is 1. The second-order valence-corrected chi connectivity index (χ2v) is 8.77. The Bertz CT molecular complexity index is 1310. The number of anilines is 1. The normalized spacial score (nSPS) is 14.3. The highest BCUT2D eigenvalue weighted by molar-refractivity contribution is 7.99. The van der Waals surface area contributed by atoms with Crippen LogP contribution in [0.4, 0.5) is 19.1 Å². The van der Waals surface area contributed by atoms with E-state index in [-0.39, 0.29) is 16.5 Å². The van der Waals surface area contributed by atoms with Gasteiger partial charge in [-0.25, -0.2) is 9.97 Å². The number of morpholine rings is 1. The Balaban J connectivity index is 1.59. The fraction of sp³-hybridized carbons (Fsp3) is 0.261. The van der Waals surface area contributed by atoms with Crippen LogP contribution in [0.15, 0.2) is 64.9 Å². The zero-order valence-corrected chi connectivity index (χ0v) is 19.4. The van der Waals surface area contributed by atoms with E-state index in [9.17, 15) is 13.2 Å². The van der Waals surface area contributed by atoms with Gasteiger partial charge in [0.15, 0.2) is 5.82 Å². The predicted octanol–water partition coefficient (Wildman–Crippen LogP) is 4.43. The fourth-order valence-electron chi connectivity index (χ4n) is 3.54. The molecule has 0 bridgehead atoms. The van der Waals surface area contributed by atoms with Gasteiger partial charge in [-0.3, -0.25) is 9.55 Å². The van der Waals surface area contributed by atoms with Crippen molar-refractivity contribution in [2.75, 3.05) is 31.2 Å². The summed E-state index contributed by atoms with van der Waals surface area (Å²) in [4.78, 5) is 14.2. The van der Waals surface area contributed by atoms with Crippen molar-refractivity contribution in [3.63, 3.8) is 0 Å². The summed E-state index contributed by atoms with van der Waals surface area (Å²) in [6, 6.07) is 13.6. The van der Waals surface area contributed by atoms with Crippen LogP contribution in [0.1, 0.15) is 11.3 Å². The Morgan fingerprint density at radius 1 is 0.971 bits per heavy atom. The van der Waals surface area contributed by atoms with E-state index in [0.29, 0.717) is 37.4 Å². The van der Waals surface area contributed by atoms with Gasteiger partial charge < -0.3 is 9.64 Å². The van der Waals surface area contributed by atoms with Gasteiger partial charge in [0.1, 0.15) is 16.4 Å². The summed E-state index contributed by atoms with van der Waals surface area (Å²) in [7, 11) is 0. The van der Waals surface area contributed by atoms with Crippen LogP contribution in [0.5, 0.6) is 0 Å². The van der Waals surface area contributed by atoms with E-state index >= 15 is 0 Å². The molecule has 1 saturated heterocycles. The van der Waals surface area contributed by atoms with Gasteiger partial charge in [0.05, 0.1) is 18.9 Å². The number of hydrogen-bond donors (Lipinski definition) is 0. The molecule has 180 valence electrons. The minimum atomic E-state index is -4.65. The first-order valence-electron chi connectivity index (χ1n) is 10.8. The van der Waals surface area contributed by atoms with Crippen LogP contribution in [0.25, 0.3) is 17.2 Å². The summed E-state index contributed by atoms with van der Waals surface area (Å²) < 4.78 is 48.3. The number of pyridine rings is 1. The fourth-order valence-corrected chi connectivity index (χ4v) is 4.39. The van der Waals surface area contributed by atoms with Crippen LogP contribution in [0.3, 0.4) is 0 Å². The van der Waals surface area contributed by atoms with Gasteiger partial charge in [0.25, 0.3) is 0 Å². The number of aromatic nitrogens is 6. The van der Waals surface area contributed by atoms with Crippen LogP contribution >= 0.6 is 11.8 Å². The molecule has 0 atom stereocenters. The highest BCUT2D eigenvalue weighted by atomic mass is 32.2. The van der Waals surface area contributed by atoms with Crippen molar-refractivity contribution in [3.8, 4) is 17.2 Å². The summed E-state index contributed by atoms with van der Waals surface area (Å²) in [5.74, 6) is 0.479. The molecule has 12 heteroatoms. The lowest BCUT2D eigenvalue weighted by molar-refractivity contribution is -0.141. The Hall–Kier alpha value is -3.51. The molecule has 1 aliphatic rings. The van der Waals surface area contributed by atoms with Crippen molar-refractivity contribution in [1.82, 2.24) is 29.7 Å². The van der Waals surface area contributed by atoms with Gasteiger partial charge in [-0.1, -0.05) is 23.8 Å². The molecular weight excluding hydrogens is 479 g/mol. The molecule has 0 radical (unpaired) electrons. The van der Waals surface area contributed by atoms with Crippen molar-refractivity contribution >= 4 is 17.7 Å². The van der Waals surface area contributed by atoms with Crippen LogP contribution in [-0.2, 0) is 10.9 Å². The minimum absolute atomic E-state index is 0.0854. The lowest BCUT2D eigenvalue weighted by Gasteiger charge is -2.27. The molecule has 1 aromatic carbocycles. The first-order valence-corrected chi connectivity index (χ1v) is 11.6. The molecule has 0 unspecified atom stereocenters. The van der Waals surface area contributed by atoms with E-state index in [0.717, 1.165) is 29.1 Å². The molecule has 0 saturated carbocycles. The predicted molar refractivity (Wildman–Crippen MR) is 124 cm³/mol. The quantitative estimate of drug-likeness (QED) is 0.373. The molecular formula is C23H20F3N7OS. The lowest BCUT2D eigenvalue weighted by atomic mass is 10.2. The molecule has 1 fully saturated rings. The van der Waals surface area contributed by atoms with Gasteiger partial charge >= 0.3 is 6.18 Å². The third kappa shape index (κ3) is 5.13. The maximum absolute atomic E-state index is 13.7. The van der Waals surface area contributed by atoms with Gasteiger partial charge in [0.2, 0.25) is 11.1 Å². The maximum Gasteiger partial charge on any atom is 0.433 e. The SMILES string of the molecule is Cc1ccc(-n2c(Sc3cc(C(F)(F)F)nc(-c4ccccn4)n3)nnc2N2CCOCC2)cc1. The van der Waals surface area contributed by atoms with Crippen LogP contribution in [0, 0.1) is 6.92 Å². The molecule has 0 N–H and O–H groups in total. The zero-order chi connectivity index (χ0) is 24.4. The molecule has 35 heavy (non-hydrogen) atoms. The average Bonchev–Trinajstić information content (AvgIpc) is 3.28. The smallest absolute Gasteiger partial charge is 0.378 e. The second kappa shape index (κ2) is 9.62. The summed E-state index contributed by atoms with van der Waals surface area (Å²) in [6.45, 7) is 4.34. The van der Waals surface area contributed by atoms with E-state index in [1.54, 1.807) is 18.2 Å². The van der Waals surface area contributed by atoms with E-state index < -0.39 is 11.9 Å². The van der Waals surface area contributed by atoms with E-state index in [1.165, 1.54) is 6.20 Å². The van der Waals surface area contributed by atoms with Crippen molar-refractivity contribution in [2.45, 2.75) is 23.3 Å². The summed E-state index contributed by atoms with van der Waals surface area (Å²) in [5.41, 5.74) is 1.06. The topological polar surface area (TPSA) is 81.8 Å². The van der Waals surface area contributed by atoms with Gasteiger partial charge in [-0.15, -0.1) is 10.2 Å². The van der Waals surface area contributed by atoms with E-state index in [4.69, 9.17) is 4.74 Å². The molecule has 0 aliphatic carbocycles. The highest BCUT2D eigenvalue weighted by Gasteiger charge is 2.34. The number of hydrogen-bond acceptors (Lipinski definition) is 8. The van der Waals surface area contributed by atoms with Gasteiger partial charge in [-0.2, -0.15) is 13.2 Å². The van der Waals surface area contributed by atoms with Gasteiger partial charge in [0, 0.05) is 25.4 Å². The molecule has 8 nitrogen and oxygen atoms in total. The van der Waals surface area contributed by atoms with Gasteiger partial charge in [-0.05, 0) is 43.0 Å². The highest BCUT2D eigenvalue weighted by Crippen LogP contribution is 2.35. The van der Waals surface area contributed by atoms with E-state index in [1.807, 2.05) is 40.7 Å². The van der Waals surface area contributed by atoms with Crippen molar-refractivity contribution in [2.24, 2.45) is 0 Å². The Morgan fingerprint density at radius 2 is 1.74 bits per heavy atom. The molecule has 0 spiro atoms. The number of halogens is 3. The first kappa shape index (κ1) is 23.2. The zero-order valence-electron chi connectivity index (χ0n) is 18.6. The second-order valence-electron chi connectivity index (χ2n) is 7.78.